The Morgan fingerprint density at radius 3 is 2.78 bits per heavy atom. The summed E-state index contributed by atoms with van der Waals surface area (Å²) in [7, 11) is 1.90. The maximum Gasteiger partial charge on any atom is 0.573 e. The van der Waals surface area contributed by atoms with Gasteiger partial charge in [-0.1, -0.05) is 31.0 Å². The minimum Gasteiger partial charge on any atom is -0.405 e. The third-order valence-electron chi connectivity index (χ3n) is 3.97. The number of amides is 1. The minimum absolute atomic E-state index is 0.00935. The van der Waals surface area contributed by atoms with Crippen LogP contribution in [0.15, 0.2) is 24.3 Å². The number of hydrogen-bond acceptors (Lipinski definition) is 3. The lowest BCUT2D eigenvalue weighted by Crippen LogP contribution is -2.44. The zero-order valence-electron chi connectivity index (χ0n) is 13.0. The molecule has 1 heterocycles. The van der Waals surface area contributed by atoms with Crippen molar-refractivity contribution in [2.75, 3.05) is 13.6 Å². The average Bonchev–Trinajstić information content (AvgIpc) is 2.69. The fraction of sp³-hybridized carbons (Fsp3) is 0.562. The van der Waals surface area contributed by atoms with Gasteiger partial charge in [-0.15, -0.1) is 13.2 Å². The Kier molecular flexibility index (Phi) is 5.87. The number of carbonyl (C=O) groups is 1. The van der Waals surface area contributed by atoms with Crippen LogP contribution in [0.2, 0.25) is 0 Å². The van der Waals surface area contributed by atoms with Gasteiger partial charge < -0.3 is 10.1 Å². The first kappa shape index (κ1) is 17.6. The fourth-order valence-corrected chi connectivity index (χ4v) is 2.76. The van der Waals surface area contributed by atoms with Gasteiger partial charge in [0.15, 0.2) is 0 Å². The normalized spacial score (nSPS) is 19.9. The first-order valence-electron chi connectivity index (χ1n) is 7.68. The number of alkyl halides is 3. The predicted molar refractivity (Wildman–Crippen MR) is 79.9 cm³/mol. The van der Waals surface area contributed by atoms with Crippen LogP contribution in [0, 0.1) is 0 Å². The molecule has 1 amide bonds. The van der Waals surface area contributed by atoms with Crippen molar-refractivity contribution in [2.24, 2.45) is 0 Å². The summed E-state index contributed by atoms with van der Waals surface area (Å²) in [5.74, 6) is -0.439. The quantitative estimate of drug-likeness (QED) is 0.922. The first-order valence-corrected chi connectivity index (χ1v) is 7.68. The third kappa shape index (κ3) is 5.42. The molecule has 0 aromatic heterocycles. The second-order valence-electron chi connectivity index (χ2n) is 5.72. The smallest absolute Gasteiger partial charge is 0.405 e. The van der Waals surface area contributed by atoms with E-state index in [9.17, 15) is 18.0 Å². The number of rotatable bonds is 4. The highest BCUT2D eigenvalue weighted by molar-refractivity contribution is 5.81. The van der Waals surface area contributed by atoms with Crippen molar-refractivity contribution in [1.29, 1.82) is 0 Å². The van der Waals surface area contributed by atoms with Gasteiger partial charge in [0, 0.05) is 12.1 Å². The number of likely N-dealkylation sites (N-methyl/N-ethyl adjacent to an activating group) is 1. The van der Waals surface area contributed by atoms with Gasteiger partial charge >= 0.3 is 6.36 Å². The Morgan fingerprint density at radius 2 is 2.04 bits per heavy atom. The topological polar surface area (TPSA) is 41.6 Å². The fourth-order valence-electron chi connectivity index (χ4n) is 2.76. The van der Waals surface area contributed by atoms with E-state index in [0.29, 0.717) is 5.56 Å². The van der Waals surface area contributed by atoms with Crippen LogP contribution in [0.25, 0.3) is 0 Å². The van der Waals surface area contributed by atoms with Gasteiger partial charge in [0.25, 0.3) is 0 Å². The molecule has 1 unspecified atom stereocenters. The second kappa shape index (κ2) is 7.68. The lowest BCUT2D eigenvalue weighted by molar-refractivity contribution is -0.274. The van der Waals surface area contributed by atoms with E-state index in [4.69, 9.17) is 0 Å². The molecule has 23 heavy (non-hydrogen) atoms. The van der Waals surface area contributed by atoms with Crippen LogP contribution >= 0.6 is 0 Å². The third-order valence-corrected chi connectivity index (χ3v) is 3.97. The van der Waals surface area contributed by atoms with Crippen molar-refractivity contribution < 1.29 is 22.7 Å². The molecule has 0 spiro atoms. The van der Waals surface area contributed by atoms with Crippen molar-refractivity contribution in [3.05, 3.63) is 29.8 Å². The molecule has 0 aliphatic carbocycles. The Bertz CT molecular complexity index is 534. The molecule has 1 aliphatic heterocycles. The van der Waals surface area contributed by atoms with Crippen LogP contribution in [0.1, 0.15) is 31.2 Å². The summed E-state index contributed by atoms with van der Waals surface area (Å²) in [6.07, 6.45) is -0.847. The highest BCUT2D eigenvalue weighted by atomic mass is 19.4. The summed E-state index contributed by atoms with van der Waals surface area (Å²) < 4.78 is 41.2. The van der Waals surface area contributed by atoms with Crippen LogP contribution in [0.3, 0.4) is 0 Å². The van der Waals surface area contributed by atoms with Crippen molar-refractivity contribution in [2.45, 2.75) is 44.6 Å². The number of para-hydroxylation sites is 1. The predicted octanol–water partition coefficient (Wildman–Crippen LogP) is 3.08. The van der Waals surface area contributed by atoms with Gasteiger partial charge in [-0.2, -0.15) is 0 Å². The summed E-state index contributed by atoms with van der Waals surface area (Å²) in [5, 5.41) is 2.73. The molecular weight excluding hydrogens is 309 g/mol. The summed E-state index contributed by atoms with van der Waals surface area (Å²) in [5.41, 5.74) is 0.300. The number of nitrogens with zero attached hydrogens (tertiary/aromatic N) is 1. The van der Waals surface area contributed by atoms with E-state index < -0.39 is 6.36 Å². The molecule has 7 heteroatoms. The van der Waals surface area contributed by atoms with E-state index in [1.807, 2.05) is 11.9 Å². The molecule has 0 saturated carbocycles. The SMILES string of the molecule is CN1CCCCCC1C(=O)NCc1ccccc1OC(F)(F)F. The molecule has 1 fully saturated rings. The highest BCUT2D eigenvalue weighted by Gasteiger charge is 2.32. The Balaban J connectivity index is 1.98. The van der Waals surface area contributed by atoms with Crippen molar-refractivity contribution in [3.63, 3.8) is 0 Å². The first-order chi connectivity index (χ1) is 10.9. The van der Waals surface area contributed by atoms with E-state index in [0.717, 1.165) is 32.2 Å². The number of benzene rings is 1. The molecule has 1 N–H and O–H groups in total. The maximum absolute atomic E-state index is 12.4. The van der Waals surface area contributed by atoms with Crippen molar-refractivity contribution in [1.82, 2.24) is 10.2 Å². The number of halogens is 3. The molecular formula is C16H21F3N2O2. The number of nitrogens with one attached hydrogen (secondary N) is 1. The second-order valence-corrected chi connectivity index (χ2v) is 5.72. The lowest BCUT2D eigenvalue weighted by Gasteiger charge is -2.24. The van der Waals surface area contributed by atoms with Gasteiger partial charge in [-0.25, -0.2) is 0 Å². The summed E-state index contributed by atoms with van der Waals surface area (Å²) >= 11 is 0. The number of ether oxygens (including phenoxy) is 1. The zero-order chi connectivity index (χ0) is 16.9. The van der Waals surface area contributed by atoms with E-state index in [1.165, 1.54) is 18.2 Å². The molecule has 1 aromatic rings. The summed E-state index contributed by atoms with van der Waals surface area (Å²) in [4.78, 5) is 14.3. The van der Waals surface area contributed by atoms with Crippen molar-refractivity contribution >= 4 is 5.91 Å². The van der Waals surface area contributed by atoms with E-state index in [2.05, 4.69) is 10.1 Å². The molecule has 2 rings (SSSR count). The van der Waals surface area contributed by atoms with Crippen LogP contribution in [-0.4, -0.2) is 36.8 Å². The molecule has 0 bridgehead atoms. The standard InChI is InChI=1S/C16H21F3N2O2/c1-21-10-6-2-3-8-13(21)15(22)20-11-12-7-4-5-9-14(12)23-16(17,18)19/h4-5,7,9,13H,2-3,6,8,10-11H2,1H3,(H,20,22). The Morgan fingerprint density at radius 1 is 1.30 bits per heavy atom. The van der Waals surface area contributed by atoms with Crippen LogP contribution in [0.4, 0.5) is 13.2 Å². The lowest BCUT2D eigenvalue weighted by atomic mass is 10.1. The molecule has 128 valence electrons. The largest absolute Gasteiger partial charge is 0.573 e. The molecule has 1 aliphatic rings. The molecule has 1 atom stereocenters. The molecule has 4 nitrogen and oxygen atoms in total. The highest BCUT2D eigenvalue weighted by Crippen LogP contribution is 2.26. The average molecular weight is 330 g/mol. The van der Waals surface area contributed by atoms with E-state index in [1.54, 1.807) is 6.07 Å². The van der Waals surface area contributed by atoms with Crippen molar-refractivity contribution in [3.8, 4) is 5.75 Å². The molecule has 1 saturated heterocycles. The van der Waals surface area contributed by atoms with E-state index >= 15 is 0 Å². The Hall–Kier alpha value is -1.76. The minimum atomic E-state index is -4.75. The molecule has 0 radical (unpaired) electrons. The summed E-state index contributed by atoms with van der Waals surface area (Å²) in [6, 6.07) is 5.60. The molecule has 1 aromatic carbocycles. The Labute approximate surface area is 133 Å². The summed E-state index contributed by atoms with van der Waals surface area (Å²) in [6.45, 7) is 0.862. The van der Waals surface area contributed by atoms with Gasteiger partial charge in [0.05, 0.1) is 6.04 Å². The monoisotopic (exact) mass is 330 g/mol. The number of carbonyl (C=O) groups excluding carboxylic acids is 1. The van der Waals surface area contributed by atoms with E-state index in [-0.39, 0.29) is 24.2 Å². The van der Waals surface area contributed by atoms with Gasteiger partial charge in [-0.05, 0) is 32.5 Å². The van der Waals surface area contributed by atoms with Gasteiger partial charge in [-0.3, -0.25) is 9.69 Å². The number of hydrogen-bond donors (Lipinski definition) is 1. The van der Waals surface area contributed by atoms with Gasteiger partial charge in [0.2, 0.25) is 5.91 Å². The van der Waals surface area contributed by atoms with Crippen LogP contribution in [-0.2, 0) is 11.3 Å². The zero-order valence-corrected chi connectivity index (χ0v) is 13.0. The van der Waals surface area contributed by atoms with Crippen LogP contribution in [0.5, 0.6) is 5.75 Å². The van der Waals surface area contributed by atoms with Crippen LogP contribution < -0.4 is 10.1 Å². The van der Waals surface area contributed by atoms with Gasteiger partial charge in [0.1, 0.15) is 5.75 Å². The maximum atomic E-state index is 12.4. The number of likely N-dealkylation sites (tertiary alicyclic amines) is 1.